The first-order valence-electron chi connectivity index (χ1n) is 6.63. The highest BCUT2D eigenvalue weighted by Gasteiger charge is 2.27. The van der Waals surface area contributed by atoms with Crippen LogP contribution in [0.1, 0.15) is 31.6 Å². The van der Waals surface area contributed by atoms with Gasteiger partial charge < -0.3 is 14.9 Å². The molecule has 2 N–H and O–H groups in total. The molecule has 5 heteroatoms. The van der Waals surface area contributed by atoms with Crippen molar-refractivity contribution in [2.24, 2.45) is 5.73 Å². The maximum absolute atomic E-state index is 8.79. The summed E-state index contributed by atoms with van der Waals surface area (Å²) < 4.78 is 10.7. The van der Waals surface area contributed by atoms with E-state index in [0.717, 1.165) is 18.7 Å². The Morgan fingerprint density at radius 3 is 2.84 bits per heavy atom. The Bertz CT molecular complexity index is 373. The molecule has 0 bridgehead atoms. The van der Waals surface area contributed by atoms with Crippen LogP contribution in [0, 0.1) is 11.3 Å². The number of rotatable bonds is 9. The van der Waals surface area contributed by atoms with Crippen LogP contribution in [0.2, 0.25) is 0 Å². The molecule has 2 unspecified atom stereocenters. The number of hydrogen-bond donors (Lipinski definition) is 1. The lowest BCUT2D eigenvalue weighted by Crippen LogP contribution is -2.42. The Kier molecular flexibility index (Phi) is 7.19. The topological polar surface area (TPSA) is 75.4 Å². The van der Waals surface area contributed by atoms with Crippen LogP contribution in [0.3, 0.4) is 0 Å². The molecule has 2 atom stereocenters. The predicted molar refractivity (Wildman–Crippen MR) is 73.4 cm³/mol. The van der Waals surface area contributed by atoms with Crippen molar-refractivity contribution in [2.75, 3.05) is 26.8 Å². The fraction of sp³-hybridized carbons (Fsp3) is 0.643. The molecule has 0 aliphatic rings. The molecule has 0 saturated heterocycles. The first kappa shape index (κ1) is 15.7. The molecule has 5 nitrogen and oxygen atoms in total. The van der Waals surface area contributed by atoms with Gasteiger partial charge in [-0.2, -0.15) is 5.26 Å². The van der Waals surface area contributed by atoms with Crippen molar-refractivity contribution in [2.45, 2.75) is 31.8 Å². The summed E-state index contributed by atoms with van der Waals surface area (Å²) in [7, 11) is 1.67. The molecule has 1 rings (SSSR count). The van der Waals surface area contributed by atoms with Crippen molar-refractivity contribution in [1.29, 1.82) is 5.26 Å². The summed E-state index contributed by atoms with van der Waals surface area (Å²) >= 11 is 0. The van der Waals surface area contributed by atoms with Crippen molar-refractivity contribution in [3.05, 3.63) is 24.2 Å². The van der Waals surface area contributed by atoms with Crippen LogP contribution in [0.15, 0.2) is 22.8 Å². The van der Waals surface area contributed by atoms with E-state index in [4.69, 9.17) is 20.1 Å². The van der Waals surface area contributed by atoms with Gasteiger partial charge in [0.2, 0.25) is 0 Å². The minimum absolute atomic E-state index is 0.0106. The third kappa shape index (κ3) is 4.67. The number of nitriles is 1. The van der Waals surface area contributed by atoms with Crippen molar-refractivity contribution in [3.63, 3.8) is 0 Å². The van der Waals surface area contributed by atoms with E-state index < -0.39 is 0 Å². The minimum atomic E-state index is -0.0262. The summed E-state index contributed by atoms with van der Waals surface area (Å²) in [6.07, 6.45) is 2.97. The van der Waals surface area contributed by atoms with E-state index in [1.54, 1.807) is 13.4 Å². The van der Waals surface area contributed by atoms with Crippen LogP contribution in [-0.4, -0.2) is 37.7 Å². The van der Waals surface area contributed by atoms with Gasteiger partial charge in [0.15, 0.2) is 0 Å². The average Bonchev–Trinajstić information content (AvgIpc) is 2.94. The third-order valence-electron chi connectivity index (χ3n) is 3.20. The molecule has 0 aliphatic carbocycles. The maximum atomic E-state index is 8.79. The van der Waals surface area contributed by atoms with Crippen LogP contribution >= 0.6 is 0 Å². The standard InChI is InChI=1S/C14H23N3O2/c1-3-12(16)14(13-6-4-10-19-13)17(8-5-7-15)9-11-18-2/h4,6,10,12,14H,3,5,8-9,11,16H2,1-2H3. The highest BCUT2D eigenvalue weighted by atomic mass is 16.5. The zero-order chi connectivity index (χ0) is 14.1. The Morgan fingerprint density at radius 1 is 1.53 bits per heavy atom. The smallest absolute Gasteiger partial charge is 0.122 e. The molecule has 0 saturated carbocycles. The van der Waals surface area contributed by atoms with Gasteiger partial charge in [-0.3, -0.25) is 4.90 Å². The zero-order valence-corrected chi connectivity index (χ0v) is 11.7. The van der Waals surface area contributed by atoms with Crippen molar-refractivity contribution < 1.29 is 9.15 Å². The second-order valence-electron chi connectivity index (χ2n) is 4.47. The van der Waals surface area contributed by atoms with Crippen LogP contribution in [0.25, 0.3) is 0 Å². The summed E-state index contributed by atoms with van der Waals surface area (Å²) in [4.78, 5) is 2.17. The molecule has 106 valence electrons. The quantitative estimate of drug-likeness (QED) is 0.738. The van der Waals surface area contributed by atoms with E-state index in [9.17, 15) is 0 Å². The van der Waals surface area contributed by atoms with Gasteiger partial charge in [0.1, 0.15) is 5.76 Å². The van der Waals surface area contributed by atoms with E-state index in [2.05, 4.69) is 17.9 Å². The number of furan rings is 1. The van der Waals surface area contributed by atoms with Gasteiger partial charge in [-0.15, -0.1) is 0 Å². The lowest BCUT2D eigenvalue weighted by Gasteiger charge is -2.33. The Morgan fingerprint density at radius 2 is 2.32 bits per heavy atom. The molecule has 1 heterocycles. The van der Waals surface area contributed by atoms with Gasteiger partial charge in [-0.05, 0) is 18.6 Å². The Labute approximate surface area is 114 Å². The van der Waals surface area contributed by atoms with Gasteiger partial charge in [-0.25, -0.2) is 0 Å². The molecule has 19 heavy (non-hydrogen) atoms. The molecule has 0 aromatic carbocycles. The van der Waals surface area contributed by atoms with E-state index in [1.165, 1.54) is 0 Å². The second-order valence-corrected chi connectivity index (χ2v) is 4.47. The monoisotopic (exact) mass is 265 g/mol. The maximum Gasteiger partial charge on any atom is 0.122 e. The normalized spacial score (nSPS) is 14.3. The lowest BCUT2D eigenvalue weighted by atomic mass is 10.0. The minimum Gasteiger partial charge on any atom is -0.468 e. The molecule has 0 spiro atoms. The summed E-state index contributed by atoms with van der Waals surface area (Å²) in [5.74, 6) is 0.850. The summed E-state index contributed by atoms with van der Waals surface area (Å²) in [5.41, 5.74) is 6.23. The van der Waals surface area contributed by atoms with Crippen LogP contribution in [-0.2, 0) is 4.74 Å². The largest absolute Gasteiger partial charge is 0.468 e. The fourth-order valence-electron chi connectivity index (χ4n) is 2.14. The third-order valence-corrected chi connectivity index (χ3v) is 3.20. The molecule has 0 aliphatic heterocycles. The highest BCUT2D eigenvalue weighted by molar-refractivity contribution is 5.08. The number of ether oxygens (including phenoxy) is 1. The molecule has 0 radical (unpaired) electrons. The van der Waals surface area contributed by atoms with Crippen molar-refractivity contribution in [1.82, 2.24) is 4.90 Å². The Balaban J connectivity index is 2.86. The summed E-state index contributed by atoms with van der Waals surface area (Å²) in [6, 6.07) is 5.94. The van der Waals surface area contributed by atoms with Gasteiger partial charge in [0.25, 0.3) is 0 Å². The average molecular weight is 265 g/mol. The van der Waals surface area contributed by atoms with Gasteiger partial charge in [0, 0.05) is 32.7 Å². The Hall–Kier alpha value is -1.35. The first-order valence-corrected chi connectivity index (χ1v) is 6.63. The molecule has 0 fully saturated rings. The SMILES string of the molecule is CCC(N)C(c1ccco1)N(CCC#N)CCOC. The van der Waals surface area contributed by atoms with E-state index in [-0.39, 0.29) is 12.1 Å². The number of nitrogens with zero attached hydrogens (tertiary/aromatic N) is 2. The molecule has 1 aromatic heterocycles. The van der Waals surface area contributed by atoms with Gasteiger partial charge >= 0.3 is 0 Å². The van der Waals surface area contributed by atoms with E-state index in [1.807, 2.05) is 12.1 Å². The summed E-state index contributed by atoms with van der Waals surface area (Å²) in [6.45, 7) is 4.06. The number of methoxy groups -OCH3 is 1. The lowest BCUT2D eigenvalue weighted by molar-refractivity contribution is 0.0989. The summed E-state index contributed by atoms with van der Waals surface area (Å²) in [5, 5.41) is 8.79. The van der Waals surface area contributed by atoms with Gasteiger partial charge in [0.05, 0.1) is 25.0 Å². The first-order chi connectivity index (χ1) is 9.24. The predicted octanol–water partition coefficient (Wildman–Crippen LogP) is 1.92. The number of nitrogens with two attached hydrogens (primary N) is 1. The molecular weight excluding hydrogens is 242 g/mol. The second kappa shape index (κ2) is 8.70. The zero-order valence-electron chi connectivity index (χ0n) is 11.7. The van der Waals surface area contributed by atoms with E-state index in [0.29, 0.717) is 19.6 Å². The fourth-order valence-corrected chi connectivity index (χ4v) is 2.14. The van der Waals surface area contributed by atoms with Crippen molar-refractivity contribution in [3.8, 4) is 6.07 Å². The molecular formula is C14H23N3O2. The van der Waals surface area contributed by atoms with Gasteiger partial charge in [-0.1, -0.05) is 6.92 Å². The highest BCUT2D eigenvalue weighted by Crippen LogP contribution is 2.25. The van der Waals surface area contributed by atoms with E-state index >= 15 is 0 Å². The number of hydrogen-bond acceptors (Lipinski definition) is 5. The van der Waals surface area contributed by atoms with Crippen LogP contribution in [0.5, 0.6) is 0 Å². The molecule has 1 aromatic rings. The molecule has 0 amide bonds. The van der Waals surface area contributed by atoms with Crippen molar-refractivity contribution >= 4 is 0 Å². The van der Waals surface area contributed by atoms with Crippen LogP contribution < -0.4 is 5.73 Å². The van der Waals surface area contributed by atoms with Crippen LogP contribution in [0.4, 0.5) is 0 Å².